The summed E-state index contributed by atoms with van der Waals surface area (Å²) < 4.78 is 0. The number of amides is 8. The Morgan fingerprint density at radius 2 is 1.23 bits per heavy atom. The Bertz CT molecular complexity index is 1760. The van der Waals surface area contributed by atoms with Crippen LogP contribution in [0.4, 0.5) is 0 Å². The van der Waals surface area contributed by atoms with E-state index in [0.717, 1.165) is 32.1 Å². The molecule has 3 aliphatic rings. The van der Waals surface area contributed by atoms with Crippen LogP contribution < -0.4 is 42.5 Å². The lowest BCUT2D eigenvalue weighted by atomic mass is 9.83. The number of likely N-dealkylation sites (tertiary alicyclic amines) is 2. The van der Waals surface area contributed by atoms with E-state index < -0.39 is 47.4 Å². The van der Waals surface area contributed by atoms with E-state index in [4.69, 9.17) is 0 Å². The molecule has 62 heavy (non-hydrogen) atoms. The average molecular weight is 867 g/mol. The van der Waals surface area contributed by atoms with Gasteiger partial charge in [-0.05, 0) is 96.0 Å². The first-order chi connectivity index (χ1) is 29.5. The molecule has 8 N–H and O–H groups in total. The molecule has 6 atom stereocenters. The summed E-state index contributed by atoms with van der Waals surface area (Å²) in [7, 11) is 3.32. The summed E-state index contributed by atoms with van der Waals surface area (Å²) in [4.78, 5) is 108. The lowest BCUT2D eigenvalue weighted by Gasteiger charge is -2.37. The van der Waals surface area contributed by atoms with Gasteiger partial charge in [0.05, 0.1) is 18.6 Å². The Labute approximate surface area is 365 Å². The first kappa shape index (κ1) is 49.6. The van der Waals surface area contributed by atoms with E-state index in [1.165, 1.54) is 11.0 Å². The molecule has 2 saturated heterocycles. The van der Waals surface area contributed by atoms with Crippen LogP contribution in [0.15, 0.2) is 24.3 Å². The van der Waals surface area contributed by atoms with Gasteiger partial charge in [-0.2, -0.15) is 0 Å². The number of carbonyl (C=O) groups excluding carboxylic acids is 8. The highest BCUT2D eigenvalue weighted by atomic mass is 16.2. The Morgan fingerprint density at radius 3 is 1.84 bits per heavy atom. The molecular formula is C44H70N10O8. The fourth-order valence-corrected chi connectivity index (χ4v) is 8.24. The molecule has 0 radical (unpaired) electrons. The van der Waals surface area contributed by atoms with Crippen molar-refractivity contribution < 1.29 is 38.4 Å². The molecule has 2 unspecified atom stereocenters. The zero-order valence-electron chi connectivity index (χ0n) is 37.6. The number of likely N-dealkylation sites (N-methyl/N-ethyl adjacent to an activating group) is 2. The molecule has 18 nitrogen and oxygen atoms in total. The summed E-state index contributed by atoms with van der Waals surface area (Å²) in [6.45, 7) is 10.0. The second-order valence-corrected chi connectivity index (χ2v) is 17.8. The number of rotatable bonds is 19. The van der Waals surface area contributed by atoms with Gasteiger partial charge in [0, 0.05) is 49.9 Å². The topological polar surface area (TPSA) is 239 Å². The number of nitrogens with one attached hydrogen (secondary N) is 8. The summed E-state index contributed by atoms with van der Waals surface area (Å²) in [5, 5.41) is 22.9. The summed E-state index contributed by atoms with van der Waals surface area (Å²) in [6, 6.07) is 2.72. The van der Waals surface area contributed by atoms with E-state index in [1.54, 1.807) is 51.0 Å². The fraction of sp³-hybridized carbons (Fsp3) is 0.682. The number of hydrogen-bond donors (Lipinski definition) is 8. The Kier molecular flexibility index (Phi) is 18.7. The second-order valence-electron chi connectivity index (χ2n) is 17.8. The minimum absolute atomic E-state index is 0.105. The molecule has 2 aliphatic heterocycles. The lowest BCUT2D eigenvalue weighted by molar-refractivity contribution is -0.144. The third kappa shape index (κ3) is 13.7. The monoisotopic (exact) mass is 867 g/mol. The molecule has 1 aromatic rings. The molecule has 8 amide bonds. The number of nitrogens with zero attached hydrogens (tertiary/aromatic N) is 2. The SMILES string of the molecule is CN[C@@H](C)C(=O)NCC(=O)N1CCC[C@H]1C(=O)NCCNC(=O)c1cccc(C(=O)NCC(NC(=O)[C@@H]2CCCN2C(=O)C(NC(=O)[C@H](C)NC)C(C)(C)C)C2CCCCC2)c1. The highest BCUT2D eigenvalue weighted by Gasteiger charge is 2.43. The summed E-state index contributed by atoms with van der Waals surface area (Å²) in [5.74, 6) is -2.61. The molecule has 344 valence electrons. The first-order valence-electron chi connectivity index (χ1n) is 22.2. The van der Waals surface area contributed by atoms with Gasteiger partial charge in [-0.3, -0.25) is 38.4 Å². The minimum Gasteiger partial charge on any atom is -0.353 e. The van der Waals surface area contributed by atoms with Crippen LogP contribution in [0.3, 0.4) is 0 Å². The third-order valence-electron chi connectivity index (χ3n) is 12.3. The molecule has 3 fully saturated rings. The Morgan fingerprint density at radius 1 is 0.661 bits per heavy atom. The van der Waals surface area contributed by atoms with E-state index in [9.17, 15) is 38.4 Å². The van der Waals surface area contributed by atoms with Crippen molar-refractivity contribution in [2.45, 2.75) is 129 Å². The lowest BCUT2D eigenvalue weighted by Crippen LogP contribution is -2.60. The minimum atomic E-state index is -0.835. The second kappa shape index (κ2) is 23.4. The summed E-state index contributed by atoms with van der Waals surface area (Å²) >= 11 is 0. The smallest absolute Gasteiger partial charge is 0.251 e. The van der Waals surface area contributed by atoms with Gasteiger partial charge in [0.2, 0.25) is 35.4 Å². The van der Waals surface area contributed by atoms with Crippen LogP contribution in [0.2, 0.25) is 0 Å². The molecule has 0 aromatic heterocycles. The van der Waals surface area contributed by atoms with Crippen molar-refractivity contribution in [2.24, 2.45) is 11.3 Å². The molecular weight excluding hydrogens is 797 g/mol. The van der Waals surface area contributed by atoms with Gasteiger partial charge in [0.25, 0.3) is 11.8 Å². The van der Waals surface area contributed by atoms with Crippen LogP contribution >= 0.6 is 0 Å². The number of benzene rings is 1. The summed E-state index contributed by atoms with van der Waals surface area (Å²) in [6.07, 6.45) is 7.17. The maximum absolute atomic E-state index is 14.0. The van der Waals surface area contributed by atoms with Crippen LogP contribution in [0, 0.1) is 11.3 Å². The van der Waals surface area contributed by atoms with Crippen LogP contribution in [0.25, 0.3) is 0 Å². The quantitative estimate of drug-likeness (QED) is 0.0878. The zero-order valence-corrected chi connectivity index (χ0v) is 37.6. The molecule has 1 aliphatic carbocycles. The predicted molar refractivity (Wildman–Crippen MR) is 234 cm³/mol. The van der Waals surface area contributed by atoms with Gasteiger partial charge in [0.15, 0.2) is 0 Å². The van der Waals surface area contributed by atoms with Gasteiger partial charge in [-0.15, -0.1) is 0 Å². The van der Waals surface area contributed by atoms with Crippen LogP contribution in [-0.2, 0) is 28.8 Å². The molecule has 18 heteroatoms. The fourth-order valence-electron chi connectivity index (χ4n) is 8.24. The van der Waals surface area contributed by atoms with Crippen molar-refractivity contribution in [2.75, 3.05) is 53.4 Å². The summed E-state index contributed by atoms with van der Waals surface area (Å²) in [5.41, 5.74) is -0.0954. The first-order valence-corrected chi connectivity index (χ1v) is 22.2. The Hall–Kier alpha value is -5.10. The van der Waals surface area contributed by atoms with Crippen molar-refractivity contribution in [3.63, 3.8) is 0 Å². The maximum atomic E-state index is 14.0. The van der Waals surface area contributed by atoms with Crippen LogP contribution in [0.1, 0.15) is 113 Å². The Balaban J connectivity index is 1.31. The van der Waals surface area contributed by atoms with Gasteiger partial charge < -0.3 is 52.3 Å². The van der Waals surface area contributed by atoms with Crippen LogP contribution in [0.5, 0.6) is 0 Å². The van der Waals surface area contributed by atoms with Gasteiger partial charge in [0.1, 0.15) is 18.1 Å². The third-order valence-corrected chi connectivity index (χ3v) is 12.3. The molecule has 1 saturated carbocycles. The molecule has 4 rings (SSSR count). The van der Waals surface area contributed by atoms with Crippen molar-refractivity contribution in [1.29, 1.82) is 0 Å². The van der Waals surface area contributed by atoms with E-state index in [0.29, 0.717) is 38.8 Å². The molecule has 0 bridgehead atoms. The van der Waals surface area contributed by atoms with E-state index in [-0.39, 0.29) is 84.7 Å². The molecule has 2 heterocycles. The average Bonchev–Trinajstić information content (AvgIpc) is 3.98. The van der Waals surface area contributed by atoms with E-state index in [1.807, 2.05) is 20.8 Å². The highest BCUT2D eigenvalue weighted by Crippen LogP contribution is 2.29. The predicted octanol–water partition coefficient (Wildman–Crippen LogP) is 0.172. The van der Waals surface area contributed by atoms with Crippen molar-refractivity contribution >= 4 is 47.3 Å². The maximum Gasteiger partial charge on any atom is 0.251 e. The zero-order chi connectivity index (χ0) is 45.6. The highest BCUT2D eigenvalue weighted by molar-refractivity contribution is 6.00. The normalized spacial score (nSPS) is 20.0. The van der Waals surface area contributed by atoms with Gasteiger partial charge in [-0.1, -0.05) is 46.1 Å². The van der Waals surface area contributed by atoms with Crippen molar-refractivity contribution in [3.05, 3.63) is 35.4 Å². The largest absolute Gasteiger partial charge is 0.353 e. The van der Waals surface area contributed by atoms with Gasteiger partial charge >= 0.3 is 0 Å². The van der Waals surface area contributed by atoms with E-state index in [2.05, 4.69) is 42.5 Å². The standard InChI is InChI=1S/C44H70N10O8/c1-27(45-6)37(56)50-26-35(55)53-22-12-18-33(53)41(60)48-21-20-47-39(58)30-16-11-17-31(24-30)40(59)49-25-32(29-14-9-8-10-15-29)51-42(61)34-19-13-23-54(34)43(62)36(44(3,4)5)52-38(57)28(2)46-7/h11,16-17,24,27-29,32-34,36,45-46H,8-10,12-15,18-23,25-26H2,1-7H3,(H,47,58)(H,48,60)(H,49,59)(H,50,56)(H,51,61)(H,52,57)/t27-,28-,32?,33-,34-,36?/m0/s1. The number of hydrogen-bond acceptors (Lipinski definition) is 10. The van der Waals surface area contributed by atoms with Crippen molar-refractivity contribution in [1.82, 2.24) is 52.3 Å². The van der Waals surface area contributed by atoms with Crippen molar-refractivity contribution in [3.8, 4) is 0 Å². The van der Waals surface area contributed by atoms with Gasteiger partial charge in [-0.25, -0.2) is 0 Å². The molecule has 0 spiro atoms. The van der Waals surface area contributed by atoms with Crippen LogP contribution in [-0.4, -0.2) is 147 Å². The number of carbonyl (C=O) groups is 8. The molecule has 1 aromatic carbocycles. The van der Waals surface area contributed by atoms with E-state index >= 15 is 0 Å².